The van der Waals surface area contributed by atoms with Crippen molar-refractivity contribution in [3.63, 3.8) is 0 Å². The quantitative estimate of drug-likeness (QED) is 0.280. The summed E-state index contributed by atoms with van der Waals surface area (Å²) in [5.41, 5.74) is 5.31. The number of hydrogen-bond acceptors (Lipinski definition) is 6. The highest BCUT2D eigenvalue weighted by molar-refractivity contribution is 9.10. The van der Waals surface area contributed by atoms with E-state index in [-0.39, 0.29) is 12.5 Å². The summed E-state index contributed by atoms with van der Waals surface area (Å²) in [6, 6.07) is 17.8. The molecule has 9 heteroatoms. The monoisotopic (exact) mass is 539 g/mol. The maximum Gasteiger partial charge on any atom is 0.275 e. The molecule has 0 fully saturated rings. The molecule has 35 heavy (non-hydrogen) atoms. The molecule has 3 aromatic rings. The van der Waals surface area contributed by atoms with E-state index in [1.807, 2.05) is 38.1 Å². The number of nitrogens with one attached hydrogen (secondary N) is 2. The first-order valence-electron chi connectivity index (χ1n) is 10.8. The van der Waals surface area contributed by atoms with E-state index in [0.29, 0.717) is 40.7 Å². The molecule has 0 aromatic heterocycles. The Balaban J connectivity index is 1.62. The van der Waals surface area contributed by atoms with Crippen LogP contribution in [0.3, 0.4) is 0 Å². The van der Waals surface area contributed by atoms with Crippen molar-refractivity contribution >= 4 is 39.6 Å². The normalized spacial score (nSPS) is 10.6. The molecular formula is C26H26BrN3O5. The Morgan fingerprint density at radius 2 is 1.71 bits per heavy atom. The van der Waals surface area contributed by atoms with Crippen LogP contribution < -0.4 is 25.0 Å². The lowest BCUT2D eigenvalue weighted by molar-refractivity contribution is -0.118. The second-order valence-electron chi connectivity index (χ2n) is 7.39. The molecular weight excluding hydrogens is 514 g/mol. The maximum atomic E-state index is 12.5. The molecule has 0 aliphatic rings. The Labute approximate surface area is 212 Å². The standard InChI is InChI=1S/C26H26BrN3O5/c1-4-34-24-13-18(15-28-30-26(32)21-14-19(27)8-12-22(21)33-3)7-11-23(24)35-16-25(31)29-20-9-5-17(2)6-10-20/h5-15H,4,16H2,1-3H3,(H,29,31)(H,30,32)/b28-15-. The molecule has 8 nitrogen and oxygen atoms in total. The fraction of sp³-hybridized carbons (Fsp3) is 0.192. The Morgan fingerprint density at radius 1 is 0.971 bits per heavy atom. The summed E-state index contributed by atoms with van der Waals surface area (Å²) in [6.45, 7) is 4.06. The predicted octanol–water partition coefficient (Wildman–Crippen LogP) is 4.95. The molecule has 0 bridgehead atoms. The van der Waals surface area contributed by atoms with Gasteiger partial charge in [-0.3, -0.25) is 9.59 Å². The van der Waals surface area contributed by atoms with Gasteiger partial charge in [-0.15, -0.1) is 0 Å². The maximum absolute atomic E-state index is 12.5. The summed E-state index contributed by atoms with van der Waals surface area (Å²) in [6.07, 6.45) is 1.48. The fourth-order valence-electron chi connectivity index (χ4n) is 3.05. The number of nitrogens with zero attached hydrogens (tertiary/aromatic N) is 1. The second-order valence-corrected chi connectivity index (χ2v) is 8.30. The van der Waals surface area contributed by atoms with Gasteiger partial charge in [-0.25, -0.2) is 5.43 Å². The summed E-state index contributed by atoms with van der Waals surface area (Å²) >= 11 is 3.34. The summed E-state index contributed by atoms with van der Waals surface area (Å²) in [5.74, 6) is 0.620. The third-order valence-corrected chi connectivity index (χ3v) is 5.24. The van der Waals surface area contributed by atoms with E-state index in [1.165, 1.54) is 13.3 Å². The summed E-state index contributed by atoms with van der Waals surface area (Å²) in [5, 5.41) is 6.81. The zero-order valence-electron chi connectivity index (χ0n) is 19.6. The third-order valence-electron chi connectivity index (χ3n) is 4.75. The van der Waals surface area contributed by atoms with Gasteiger partial charge in [-0.05, 0) is 67.9 Å². The van der Waals surface area contributed by atoms with Gasteiger partial charge in [-0.1, -0.05) is 33.6 Å². The van der Waals surface area contributed by atoms with Gasteiger partial charge in [-0.2, -0.15) is 5.10 Å². The molecule has 2 amide bonds. The van der Waals surface area contributed by atoms with E-state index >= 15 is 0 Å². The average Bonchev–Trinajstić information content (AvgIpc) is 2.85. The molecule has 0 aliphatic carbocycles. The predicted molar refractivity (Wildman–Crippen MR) is 139 cm³/mol. The highest BCUT2D eigenvalue weighted by Gasteiger charge is 2.13. The molecule has 3 aromatic carbocycles. The largest absolute Gasteiger partial charge is 0.496 e. The van der Waals surface area contributed by atoms with Gasteiger partial charge in [0.2, 0.25) is 0 Å². The van der Waals surface area contributed by atoms with Crippen molar-refractivity contribution in [3.8, 4) is 17.2 Å². The van der Waals surface area contributed by atoms with Crippen LogP contribution in [0.1, 0.15) is 28.4 Å². The van der Waals surface area contributed by atoms with Gasteiger partial charge in [0.1, 0.15) is 5.75 Å². The first-order chi connectivity index (χ1) is 16.9. The van der Waals surface area contributed by atoms with Crippen molar-refractivity contribution in [2.24, 2.45) is 5.10 Å². The smallest absolute Gasteiger partial charge is 0.275 e. The summed E-state index contributed by atoms with van der Waals surface area (Å²) < 4.78 is 17.3. The first-order valence-corrected chi connectivity index (χ1v) is 11.6. The lowest BCUT2D eigenvalue weighted by Gasteiger charge is -2.13. The molecule has 0 saturated heterocycles. The van der Waals surface area contributed by atoms with Crippen molar-refractivity contribution in [2.75, 3.05) is 25.6 Å². The Kier molecular flexibility index (Phi) is 9.25. The van der Waals surface area contributed by atoms with E-state index in [2.05, 4.69) is 31.8 Å². The van der Waals surface area contributed by atoms with Crippen LogP contribution in [0.25, 0.3) is 0 Å². The Hall–Kier alpha value is -3.85. The van der Waals surface area contributed by atoms with Crippen molar-refractivity contribution in [3.05, 3.63) is 81.8 Å². The number of hydrogen-bond donors (Lipinski definition) is 2. The Bertz CT molecular complexity index is 1210. The van der Waals surface area contributed by atoms with Gasteiger partial charge in [0.05, 0.1) is 25.5 Å². The van der Waals surface area contributed by atoms with Crippen molar-refractivity contribution < 1.29 is 23.8 Å². The number of hydrazone groups is 1. The van der Waals surface area contributed by atoms with E-state index in [4.69, 9.17) is 14.2 Å². The number of carbonyl (C=O) groups excluding carboxylic acids is 2. The fourth-order valence-corrected chi connectivity index (χ4v) is 3.41. The number of methoxy groups -OCH3 is 1. The number of ether oxygens (including phenoxy) is 3. The minimum Gasteiger partial charge on any atom is -0.496 e. The lowest BCUT2D eigenvalue weighted by Crippen LogP contribution is -2.20. The van der Waals surface area contributed by atoms with Crippen LogP contribution >= 0.6 is 15.9 Å². The zero-order valence-corrected chi connectivity index (χ0v) is 21.2. The molecule has 0 unspecified atom stereocenters. The van der Waals surface area contributed by atoms with Crippen LogP contribution in [-0.2, 0) is 4.79 Å². The first kappa shape index (κ1) is 25.8. The SMILES string of the molecule is CCOc1cc(/C=N\NC(=O)c2cc(Br)ccc2OC)ccc1OCC(=O)Nc1ccc(C)cc1. The van der Waals surface area contributed by atoms with Gasteiger partial charge in [0.25, 0.3) is 11.8 Å². The highest BCUT2D eigenvalue weighted by Crippen LogP contribution is 2.28. The zero-order chi connectivity index (χ0) is 25.2. The minimum absolute atomic E-state index is 0.175. The van der Waals surface area contributed by atoms with Crippen LogP contribution in [0, 0.1) is 6.92 Å². The number of benzene rings is 3. The van der Waals surface area contributed by atoms with Crippen molar-refractivity contribution in [1.29, 1.82) is 0 Å². The highest BCUT2D eigenvalue weighted by atomic mass is 79.9. The van der Waals surface area contributed by atoms with Gasteiger partial charge in [0.15, 0.2) is 18.1 Å². The molecule has 0 spiro atoms. The topological polar surface area (TPSA) is 98.2 Å². The van der Waals surface area contributed by atoms with Gasteiger partial charge >= 0.3 is 0 Å². The number of amides is 2. The molecule has 182 valence electrons. The lowest BCUT2D eigenvalue weighted by atomic mass is 10.2. The number of aryl methyl sites for hydroxylation is 1. The molecule has 0 radical (unpaired) electrons. The minimum atomic E-state index is -0.413. The number of carbonyl (C=O) groups is 2. The average molecular weight is 540 g/mol. The van der Waals surface area contributed by atoms with Crippen LogP contribution in [0.15, 0.2) is 70.2 Å². The second kappa shape index (κ2) is 12.6. The molecule has 0 atom stereocenters. The van der Waals surface area contributed by atoms with E-state index < -0.39 is 5.91 Å². The van der Waals surface area contributed by atoms with Crippen LogP contribution in [-0.4, -0.2) is 38.4 Å². The molecule has 0 saturated carbocycles. The molecule has 3 rings (SSSR count). The molecule has 2 N–H and O–H groups in total. The Morgan fingerprint density at radius 3 is 2.43 bits per heavy atom. The van der Waals surface area contributed by atoms with Crippen LogP contribution in [0.5, 0.6) is 17.2 Å². The van der Waals surface area contributed by atoms with E-state index in [1.54, 1.807) is 36.4 Å². The van der Waals surface area contributed by atoms with Gasteiger partial charge in [0, 0.05) is 10.2 Å². The van der Waals surface area contributed by atoms with Crippen LogP contribution in [0.4, 0.5) is 5.69 Å². The molecule has 0 heterocycles. The number of halogens is 1. The van der Waals surface area contributed by atoms with E-state index in [9.17, 15) is 9.59 Å². The number of rotatable bonds is 10. The third kappa shape index (κ3) is 7.58. The van der Waals surface area contributed by atoms with Crippen LogP contribution in [0.2, 0.25) is 0 Å². The summed E-state index contributed by atoms with van der Waals surface area (Å²) in [7, 11) is 1.49. The van der Waals surface area contributed by atoms with E-state index in [0.717, 1.165) is 10.0 Å². The van der Waals surface area contributed by atoms with Crippen molar-refractivity contribution in [1.82, 2.24) is 5.43 Å². The summed E-state index contributed by atoms with van der Waals surface area (Å²) in [4.78, 5) is 24.7. The number of anilines is 1. The van der Waals surface area contributed by atoms with Gasteiger partial charge < -0.3 is 19.5 Å². The molecule has 0 aliphatic heterocycles. The van der Waals surface area contributed by atoms with Crippen molar-refractivity contribution in [2.45, 2.75) is 13.8 Å².